The SMILES string of the molecule is C=CC(O)c1cccc(F)c1I. The summed E-state index contributed by atoms with van der Waals surface area (Å²) in [5, 5.41) is 9.35. The molecule has 1 aromatic rings. The van der Waals surface area contributed by atoms with Gasteiger partial charge < -0.3 is 5.11 Å². The first-order valence-corrected chi connectivity index (χ1v) is 4.49. The van der Waals surface area contributed by atoms with E-state index in [-0.39, 0.29) is 5.82 Å². The first-order chi connectivity index (χ1) is 5.66. The summed E-state index contributed by atoms with van der Waals surface area (Å²) in [6, 6.07) is 4.61. The van der Waals surface area contributed by atoms with Crippen molar-refractivity contribution in [1.82, 2.24) is 0 Å². The Morgan fingerprint density at radius 3 is 2.83 bits per heavy atom. The Morgan fingerprint density at radius 1 is 1.58 bits per heavy atom. The van der Waals surface area contributed by atoms with E-state index in [1.807, 2.05) is 22.6 Å². The quantitative estimate of drug-likeness (QED) is 0.651. The van der Waals surface area contributed by atoms with Gasteiger partial charge in [-0.3, -0.25) is 0 Å². The first kappa shape index (κ1) is 9.67. The predicted molar refractivity (Wildman–Crippen MR) is 54.3 cm³/mol. The second kappa shape index (κ2) is 4.00. The fourth-order valence-corrected chi connectivity index (χ4v) is 1.55. The fourth-order valence-electron chi connectivity index (χ4n) is 0.876. The van der Waals surface area contributed by atoms with Crippen molar-refractivity contribution in [2.24, 2.45) is 0 Å². The van der Waals surface area contributed by atoms with Crippen LogP contribution in [0.3, 0.4) is 0 Å². The number of aliphatic hydroxyl groups excluding tert-OH is 1. The van der Waals surface area contributed by atoms with Crippen LogP contribution in [0.1, 0.15) is 11.7 Å². The first-order valence-electron chi connectivity index (χ1n) is 3.41. The molecule has 3 heteroatoms. The third kappa shape index (κ3) is 1.84. The number of hydrogen-bond donors (Lipinski definition) is 1. The van der Waals surface area contributed by atoms with Gasteiger partial charge >= 0.3 is 0 Å². The average molecular weight is 278 g/mol. The van der Waals surface area contributed by atoms with Crippen molar-refractivity contribution in [3.05, 3.63) is 45.8 Å². The van der Waals surface area contributed by atoms with Gasteiger partial charge in [-0.25, -0.2) is 4.39 Å². The summed E-state index contributed by atoms with van der Waals surface area (Å²) >= 11 is 1.86. The fraction of sp³-hybridized carbons (Fsp3) is 0.111. The molecule has 0 spiro atoms. The molecule has 0 bridgehead atoms. The minimum Gasteiger partial charge on any atom is -0.384 e. The van der Waals surface area contributed by atoms with Gasteiger partial charge in [-0.15, -0.1) is 6.58 Å². The summed E-state index contributed by atoms with van der Waals surface area (Å²) in [4.78, 5) is 0. The molecule has 0 amide bonds. The molecule has 0 aromatic heterocycles. The van der Waals surface area contributed by atoms with Crippen LogP contribution in [-0.4, -0.2) is 5.11 Å². The molecule has 12 heavy (non-hydrogen) atoms. The van der Waals surface area contributed by atoms with Crippen LogP contribution in [0.25, 0.3) is 0 Å². The summed E-state index contributed by atoms with van der Waals surface area (Å²) in [6.07, 6.45) is 0.587. The van der Waals surface area contributed by atoms with Crippen molar-refractivity contribution in [1.29, 1.82) is 0 Å². The summed E-state index contributed by atoms with van der Waals surface area (Å²) in [5.41, 5.74) is 0.561. The topological polar surface area (TPSA) is 20.2 Å². The number of hydrogen-bond acceptors (Lipinski definition) is 1. The minimum atomic E-state index is -0.785. The molecule has 0 heterocycles. The van der Waals surface area contributed by atoms with Gasteiger partial charge in [0.2, 0.25) is 0 Å². The molecule has 0 radical (unpaired) electrons. The van der Waals surface area contributed by atoms with Crippen molar-refractivity contribution >= 4 is 22.6 Å². The van der Waals surface area contributed by atoms with E-state index < -0.39 is 6.10 Å². The van der Waals surface area contributed by atoms with Gasteiger partial charge in [0.1, 0.15) is 5.82 Å². The van der Waals surface area contributed by atoms with E-state index in [2.05, 4.69) is 6.58 Å². The monoisotopic (exact) mass is 278 g/mol. The van der Waals surface area contributed by atoms with E-state index >= 15 is 0 Å². The van der Waals surface area contributed by atoms with Crippen LogP contribution in [-0.2, 0) is 0 Å². The van der Waals surface area contributed by atoms with Crippen molar-refractivity contribution in [2.75, 3.05) is 0 Å². The molecule has 1 rings (SSSR count). The van der Waals surface area contributed by atoms with Gasteiger partial charge in [-0.1, -0.05) is 18.2 Å². The molecular formula is C9H8FIO. The Kier molecular flexibility index (Phi) is 3.22. The molecule has 1 unspecified atom stereocenters. The van der Waals surface area contributed by atoms with Crippen molar-refractivity contribution in [2.45, 2.75) is 6.10 Å². The number of benzene rings is 1. The van der Waals surface area contributed by atoms with Gasteiger partial charge in [0.15, 0.2) is 0 Å². The van der Waals surface area contributed by atoms with Gasteiger partial charge in [0, 0.05) is 5.56 Å². The van der Waals surface area contributed by atoms with E-state index in [1.54, 1.807) is 12.1 Å². The maximum atomic E-state index is 12.9. The Balaban J connectivity index is 3.15. The molecule has 1 atom stereocenters. The highest BCUT2D eigenvalue weighted by Crippen LogP contribution is 2.22. The maximum absolute atomic E-state index is 12.9. The lowest BCUT2D eigenvalue weighted by molar-refractivity contribution is 0.227. The van der Waals surface area contributed by atoms with Crippen LogP contribution in [0.5, 0.6) is 0 Å². The second-order valence-electron chi connectivity index (χ2n) is 2.32. The van der Waals surface area contributed by atoms with Crippen molar-refractivity contribution in [3.8, 4) is 0 Å². The number of rotatable bonds is 2. The maximum Gasteiger partial charge on any atom is 0.136 e. The van der Waals surface area contributed by atoms with E-state index in [9.17, 15) is 9.50 Å². The molecule has 0 saturated heterocycles. The average Bonchev–Trinajstić information content (AvgIpc) is 2.08. The highest BCUT2D eigenvalue weighted by Gasteiger charge is 2.09. The lowest BCUT2D eigenvalue weighted by Gasteiger charge is -2.07. The zero-order valence-electron chi connectivity index (χ0n) is 6.30. The predicted octanol–water partition coefficient (Wildman–Crippen LogP) is 2.65. The highest BCUT2D eigenvalue weighted by molar-refractivity contribution is 14.1. The van der Waals surface area contributed by atoms with Crippen LogP contribution in [0.2, 0.25) is 0 Å². The van der Waals surface area contributed by atoms with Crippen molar-refractivity contribution in [3.63, 3.8) is 0 Å². The molecule has 64 valence electrons. The Bertz CT molecular complexity index is 299. The molecule has 0 saturated carbocycles. The summed E-state index contributed by atoms with van der Waals surface area (Å²) < 4.78 is 13.4. The lowest BCUT2D eigenvalue weighted by atomic mass is 10.1. The van der Waals surface area contributed by atoms with E-state index in [1.165, 1.54) is 12.1 Å². The van der Waals surface area contributed by atoms with Crippen LogP contribution in [0, 0.1) is 9.39 Å². The summed E-state index contributed by atoms with van der Waals surface area (Å²) in [7, 11) is 0. The zero-order valence-corrected chi connectivity index (χ0v) is 8.45. The van der Waals surface area contributed by atoms with Crippen molar-refractivity contribution < 1.29 is 9.50 Å². The molecular weight excluding hydrogens is 270 g/mol. The zero-order chi connectivity index (χ0) is 9.14. The van der Waals surface area contributed by atoms with E-state index in [4.69, 9.17) is 0 Å². The number of aliphatic hydroxyl groups is 1. The Morgan fingerprint density at radius 2 is 2.25 bits per heavy atom. The molecule has 0 fully saturated rings. The molecule has 0 aliphatic carbocycles. The standard InChI is InChI=1S/C9H8FIO/c1-2-8(12)6-4-3-5-7(10)9(6)11/h2-5,8,12H,1H2. The van der Waals surface area contributed by atoms with Gasteiger partial charge in [-0.2, -0.15) is 0 Å². The van der Waals surface area contributed by atoms with Crippen LogP contribution in [0.15, 0.2) is 30.9 Å². The normalized spacial score (nSPS) is 12.6. The minimum absolute atomic E-state index is 0.311. The lowest BCUT2D eigenvalue weighted by Crippen LogP contribution is -1.97. The smallest absolute Gasteiger partial charge is 0.136 e. The Labute approximate surface area is 84.1 Å². The number of halogens is 2. The summed E-state index contributed by atoms with van der Waals surface area (Å²) in [5.74, 6) is -0.311. The Hall–Kier alpha value is -0.420. The van der Waals surface area contributed by atoms with Crippen LogP contribution >= 0.6 is 22.6 Å². The van der Waals surface area contributed by atoms with Gasteiger partial charge in [0.25, 0.3) is 0 Å². The largest absolute Gasteiger partial charge is 0.384 e. The third-order valence-electron chi connectivity index (χ3n) is 1.52. The van der Waals surface area contributed by atoms with Gasteiger partial charge in [0.05, 0.1) is 9.67 Å². The molecule has 1 nitrogen and oxygen atoms in total. The molecule has 1 N–H and O–H groups in total. The summed E-state index contributed by atoms with van der Waals surface area (Å²) in [6.45, 7) is 3.43. The van der Waals surface area contributed by atoms with Gasteiger partial charge in [-0.05, 0) is 28.7 Å². The molecule has 1 aromatic carbocycles. The molecule has 0 aliphatic heterocycles. The van der Waals surface area contributed by atoms with Crippen LogP contribution < -0.4 is 0 Å². The second-order valence-corrected chi connectivity index (χ2v) is 3.40. The highest BCUT2D eigenvalue weighted by atomic mass is 127. The third-order valence-corrected chi connectivity index (χ3v) is 2.66. The van der Waals surface area contributed by atoms with E-state index in [0.717, 1.165) is 0 Å². The van der Waals surface area contributed by atoms with Crippen LogP contribution in [0.4, 0.5) is 4.39 Å². The molecule has 0 aliphatic rings. The van der Waals surface area contributed by atoms with E-state index in [0.29, 0.717) is 9.13 Å².